The van der Waals surface area contributed by atoms with Gasteiger partial charge in [-0.3, -0.25) is 29.8 Å². The molecule has 3 aliphatic rings. The molecule has 33 heavy (non-hydrogen) atoms. The minimum atomic E-state index is -1.66. The van der Waals surface area contributed by atoms with Gasteiger partial charge in [-0.1, -0.05) is 0 Å². The third kappa shape index (κ3) is 4.29. The van der Waals surface area contributed by atoms with Gasteiger partial charge in [0, 0.05) is 47.1 Å². The Hall–Kier alpha value is -3.06. The number of nitrogens with one attached hydrogen (secondary N) is 2. The van der Waals surface area contributed by atoms with E-state index in [-0.39, 0.29) is 12.4 Å². The highest BCUT2D eigenvalue weighted by atomic mass is 16.7. The zero-order valence-electron chi connectivity index (χ0n) is 19.1. The van der Waals surface area contributed by atoms with Crippen molar-refractivity contribution in [3.8, 4) is 0 Å². The summed E-state index contributed by atoms with van der Waals surface area (Å²) >= 11 is 0. The molecule has 1 unspecified atom stereocenters. The first kappa shape index (κ1) is 24.6. The number of hydrogen-bond acceptors (Lipinski definition) is 11. The van der Waals surface area contributed by atoms with Crippen molar-refractivity contribution < 1.29 is 47.7 Å². The fraction of sp³-hybridized carbons (Fsp3) is 0.700. The highest BCUT2D eigenvalue weighted by molar-refractivity contribution is 6.03. The molecule has 7 atom stereocenters. The second kappa shape index (κ2) is 8.71. The number of methoxy groups -OCH3 is 1. The molecule has 2 saturated heterocycles. The lowest BCUT2D eigenvalue weighted by Crippen LogP contribution is -2.75. The molecule has 2 amide bonds. The number of amides is 2. The van der Waals surface area contributed by atoms with E-state index in [1.165, 1.54) is 27.9 Å². The molecule has 13 heteroatoms. The third-order valence-corrected chi connectivity index (χ3v) is 5.82. The average Bonchev–Trinajstić information content (AvgIpc) is 2.98. The van der Waals surface area contributed by atoms with Crippen LogP contribution in [0.3, 0.4) is 0 Å². The van der Waals surface area contributed by atoms with E-state index in [9.17, 15) is 24.0 Å². The summed E-state index contributed by atoms with van der Waals surface area (Å²) in [6.45, 7) is 6.32. The van der Waals surface area contributed by atoms with Crippen LogP contribution in [-0.2, 0) is 47.7 Å². The lowest BCUT2D eigenvalue weighted by atomic mass is 9.61. The minimum Gasteiger partial charge on any atom is -0.456 e. The van der Waals surface area contributed by atoms with Crippen molar-refractivity contribution in [1.82, 2.24) is 10.6 Å². The number of rotatable bonds is 4. The fourth-order valence-corrected chi connectivity index (χ4v) is 4.91. The van der Waals surface area contributed by atoms with Gasteiger partial charge in [0.25, 0.3) is 0 Å². The Labute approximate surface area is 189 Å². The summed E-state index contributed by atoms with van der Waals surface area (Å²) in [5.41, 5.74) is -3.07. The van der Waals surface area contributed by atoms with Crippen LogP contribution in [0.4, 0.5) is 0 Å². The van der Waals surface area contributed by atoms with Crippen LogP contribution >= 0.6 is 0 Å². The summed E-state index contributed by atoms with van der Waals surface area (Å²) in [5.74, 6) is -4.37. The molecule has 2 bridgehead atoms. The van der Waals surface area contributed by atoms with E-state index in [0.717, 1.165) is 6.92 Å². The van der Waals surface area contributed by atoms with E-state index in [2.05, 4.69) is 15.6 Å². The molecule has 0 spiro atoms. The van der Waals surface area contributed by atoms with Gasteiger partial charge in [-0.2, -0.15) is 0 Å². The number of fused-ring (bicyclic) bond motifs is 1. The minimum absolute atomic E-state index is 0.0498. The van der Waals surface area contributed by atoms with Crippen LogP contribution in [-0.4, -0.2) is 78.5 Å². The van der Waals surface area contributed by atoms with E-state index in [4.69, 9.17) is 23.7 Å². The smallest absolute Gasteiger partial charge is 0.338 e. The summed E-state index contributed by atoms with van der Waals surface area (Å²) in [4.78, 5) is 65.1. The number of ether oxygens (including phenoxy) is 5. The van der Waals surface area contributed by atoms with Gasteiger partial charge in [-0.05, 0) is 6.92 Å². The number of nitrogens with zero attached hydrogens (tertiary/aromatic N) is 1. The quantitative estimate of drug-likeness (QED) is 0.224. The van der Waals surface area contributed by atoms with Gasteiger partial charge in [0.2, 0.25) is 17.8 Å². The van der Waals surface area contributed by atoms with Gasteiger partial charge >= 0.3 is 17.9 Å². The Balaban J connectivity index is 2.27. The second-order valence-corrected chi connectivity index (χ2v) is 8.43. The van der Waals surface area contributed by atoms with Crippen LogP contribution in [0.1, 0.15) is 41.0 Å². The molecule has 13 nitrogen and oxygen atoms in total. The van der Waals surface area contributed by atoms with Crippen molar-refractivity contribution in [1.29, 1.82) is 0 Å². The number of aliphatic imine (C=N–C) groups is 1. The van der Waals surface area contributed by atoms with Crippen molar-refractivity contribution in [3.05, 3.63) is 0 Å². The Morgan fingerprint density at radius 1 is 1.06 bits per heavy atom. The van der Waals surface area contributed by atoms with Crippen molar-refractivity contribution in [3.63, 3.8) is 0 Å². The first-order chi connectivity index (χ1) is 15.3. The van der Waals surface area contributed by atoms with Gasteiger partial charge in [0.15, 0.2) is 30.2 Å². The first-order valence-corrected chi connectivity index (χ1v) is 10.2. The number of esters is 3. The molecule has 2 aliphatic heterocycles. The molecule has 1 aliphatic carbocycles. The van der Waals surface area contributed by atoms with Crippen LogP contribution in [0.5, 0.6) is 0 Å². The standard InChI is InChI=1S/C20H27N3O10/c1-8(24)21-18(22-9(2)25)23-20-12-7-19(5,33-11(4)27)13(14(20)30-10(3)26)31-16(28)15(20)32-17(12)29-6/h12-15,17H,7H2,1-6H3,(H2,21,22,23,24,25)/t12-,13+,14?,15-,17-,19+,20-/m1/s1. The van der Waals surface area contributed by atoms with E-state index in [0.29, 0.717) is 0 Å². The van der Waals surface area contributed by atoms with Crippen molar-refractivity contribution in [2.45, 2.75) is 76.8 Å². The van der Waals surface area contributed by atoms with Gasteiger partial charge < -0.3 is 23.7 Å². The molecule has 0 aromatic rings. The zero-order chi connectivity index (χ0) is 24.7. The molecule has 0 aromatic heterocycles. The topological polar surface area (TPSA) is 168 Å². The van der Waals surface area contributed by atoms with Crippen LogP contribution < -0.4 is 10.6 Å². The maximum atomic E-state index is 13.0. The molecular formula is C20H27N3O10. The molecule has 0 radical (unpaired) electrons. The Morgan fingerprint density at radius 2 is 1.67 bits per heavy atom. The predicted octanol–water partition coefficient (Wildman–Crippen LogP) is -1.08. The monoisotopic (exact) mass is 469 g/mol. The fourth-order valence-electron chi connectivity index (χ4n) is 4.91. The Kier molecular flexibility index (Phi) is 6.48. The highest BCUT2D eigenvalue weighted by Crippen LogP contribution is 2.57. The van der Waals surface area contributed by atoms with Gasteiger partial charge in [-0.15, -0.1) is 0 Å². The molecule has 3 fully saturated rings. The Bertz CT molecular complexity index is 902. The van der Waals surface area contributed by atoms with Crippen LogP contribution in [0, 0.1) is 5.92 Å². The summed E-state index contributed by atoms with van der Waals surface area (Å²) in [7, 11) is 1.35. The first-order valence-electron chi connectivity index (χ1n) is 10.2. The lowest BCUT2D eigenvalue weighted by molar-refractivity contribution is -0.248. The lowest BCUT2D eigenvalue weighted by Gasteiger charge is -2.55. The number of carbonyl (C=O) groups is 5. The number of carbonyl (C=O) groups excluding carboxylic acids is 5. The van der Waals surface area contributed by atoms with Gasteiger partial charge in [0.1, 0.15) is 5.54 Å². The normalized spacial score (nSPS) is 36.2. The summed E-state index contributed by atoms with van der Waals surface area (Å²) in [6, 6.07) is 0. The SMILES string of the molecule is CO[C@@H]1O[C@@H]2C(=O)O[C@H]3C(OC(C)=O)[C@]2(N=C(NC(C)=O)NC(C)=O)[C@@H]1C[C@]3(C)OC(C)=O. The third-order valence-electron chi connectivity index (χ3n) is 5.82. The van der Waals surface area contributed by atoms with E-state index < -0.39 is 71.4 Å². The number of hydrogen-bond donors (Lipinski definition) is 2. The Morgan fingerprint density at radius 3 is 2.15 bits per heavy atom. The van der Waals surface area contributed by atoms with Crippen LogP contribution in [0.15, 0.2) is 4.99 Å². The van der Waals surface area contributed by atoms with Crippen molar-refractivity contribution >= 4 is 35.7 Å². The van der Waals surface area contributed by atoms with Gasteiger partial charge in [0.05, 0.1) is 0 Å². The zero-order valence-corrected chi connectivity index (χ0v) is 19.1. The van der Waals surface area contributed by atoms with Crippen molar-refractivity contribution in [2.24, 2.45) is 10.9 Å². The summed E-state index contributed by atoms with van der Waals surface area (Å²) in [6.07, 6.45) is -4.92. The highest BCUT2D eigenvalue weighted by Gasteiger charge is 2.77. The van der Waals surface area contributed by atoms with E-state index in [1.807, 2.05) is 0 Å². The molecule has 0 aromatic carbocycles. The van der Waals surface area contributed by atoms with Gasteiger partial charge in [-0.25, -0.2) is 9.79 Å². The summed E-state index contributed by atoms with van der Waals surface area (Å²) < 4.78 is 28.0. The van der Waals surface area contributed by atoms with Crippen molar-refractivity contribution in [2.75, 3.05) is 7.11 Å². The number of guanidine groups is 1. The largest absolute Gasteiger partial charge is 0.456 e. The molecule has 2 heterocycles. The van der Waals surface area contributed by atoms with Crippen LogP contribution in [0.2, 0.25) is 0 Å². The molecule has 3 rings (SSSR count). The van der Waals surface area contributed by atoms with E-state index >= 15 is 0 Å². The predicted molar refractivity (Wildman–Crippen MR) is 107 cm³/mol. The average molecular weight is 469 g/mol. The van der Waals surface area contributed by atoms with Crippen LogP contribution in [0.25, 0.3) is 0 Å². The molecule has 2 N–H and O–H groups in total. The molecule has 182 valence electrons. The second-order valence-electron chi connectivity index (χ2n) is 8.43. The maximum Gasteiger partial charge on any atom is 0.338 e. The summed E-state index contributed by atoms with van der Waals surface area (Å²) in [5, 5.41) is 4.81. The molecular weight excluding hydrogens is 442 g/mol. The molecule has 1 saturated carbocycles. The van der Waals surface area contributed by atoms with E-state index in [1.54, 1.807) is 6.92 Å². The maximum absolute atomic E-state index is 13.0.